The third kappa shape index (κ3) is 4.75. The molecule has 0 radical (unpaired) electrons. The van der Waals surface area contributed by atoms with Gasteiger partial charge < -0.3 is 24.0 Å². The Hall–Kier alpha value is -3.03. The van der Waals surface area contributed by atoms with Crippen LogP contribution in [0.1, 0.15) is 13.8 Å². The van der Waals surface area contributed by atoms with Crippen LogP contribution in [0.4, 0.5) is 5.69 Å². The van der Waals surface area contributed by atoms with Crippen LogP contribution in [0.3, 0.4) is 0 Å². The van der Waals surface area contributed by atoms with Crippen LogP contribution in [0, 0.1) is 0 Å². The second kappa shape index (κ2) is 10.3. The van der Waals surface area contributed by atoms with Crippen molar-refractivity contribution in [3.63, 3.8) is 0 Å². The lowest BCUT2D eigenvalue weighted by Crippen LogP contribution is -3.00. The van der Waals surface area contributed by atoms with Gasteiger partial charge in [0.05, 0.1) is 15.8 Å². The molecule has 0 fully saturated rings. The molecule has 0 spiro atoms. The molecule has 2 aromatic heterocycles. The van der Waals surface area contributed by atoms with Crippen molar-refractivity contribution in [2.45, 2.75) is 25.3 Å². The first kappa shape index (κ1) is 26.6. The topological polar surface area (TPSA) is 102 Å². The van der Waals surface area contributed by atoms with Crippen molar-refractivity contribution < 1.29 is 41.8 Å². The van der Waals surface area contributed by atoms with Crippen molar-refractivity contribution in [3.05, 3.63) is 98.9 Å². The monoisotopic (exact) mass is 626 g/mol. The average molecular weight is 627 g/mol. The maximum Gasteiger partial charge on any atom is 0.365 e. The quantitative estimate of drug-likeness (QED) is 0.213. The number of hydrogen-bond acceptors (Lipinski definition) is 5. The summed E-state index contributed by atoms with van der Waals surface area (Å²) in [5.74, 6) is -0.584. The predicted octanol–water partition coefficient (Wildman–Crippen LogP) is -0.819. The zero-order valence-electron chi connectivity index (χ0n) is 18.6. The highest BCUT2D eigenvalue weighted by atomic mass is 127. The number of halogens is 2. The Labute approximate surface area is 222 Å². The number of fused-ring (bicyclic) bond motifs is 1. The fraction of sp³-hybridized carbons (Fsp3) is 0.130. The lowest BCUT2D eigenvalue weighted by molar-refractivity contribution is -0.693. The number of amides is 1. The molecule has 2 aromatic carbocycles. The summed E-state index contributed by atoms with van der Waals surface area (Å²) >= 11 is 6.15. The van der Waals surface area contributed by atoms with Crippen molar-refractivity contribution in [3.8, 4) is 0 Å². The van der Waals surface area contributed by atoms with Gasteiger partial charge in [0.1, 0.15) is 12.2 Å². The minimum Gasteiger partial charge on any atom is -1.00 e. The summed E-state index contributed by atoms with van der Waals surface area (Å²) in [6, 6.07) is 14.5. The number of carbonyl (C=O) groups is 1. The van der Waals surface area contributed by atoms with Gasteiger partial charge in [0, 0.05) is 18.0 Å². The maximum atomic E-state index is 13.7. The molecule has 1 amide bonds. The molecule has 0 unspecified atom stereocenters. The first-order valence-corrected chi connectivity index (χ1v) is 12.1. The van der Waals surface area contributed by atoms with E-state index in [1.54, 1.807) is 35.2 Å². The maximum absolute atomic E-state index is 13.7. The second-order valence-electron chi connectivity index (χ2n) is 7.37. The number of hydrogen-bond donors (Lipinski definition) is 0. The third-order valence-corrected chi connectivity index (χ3v) is 7.10. The number of pyridine rings is 1. The zero-order valence-corrected chi connectivity index (χ0v) is 22.4. The van der Waals surface area contributed by atoms with Gasteiger partial charge in [0.15, 0.2) is 12.4 Å². The molecule has 9 nitrogen and oxygen atoms in total. The van der Waals surface area contributed by atoms with Crippen LogP contribution in [0.25, 0.3) is 10.9 Å². The third-order valence-electron chi connectivity index (χ3n) is 5.19. The molecule has 0 N–H and O–H groups in total. The van der Waals surface area contributed by atoms with E-state index >= 15 is 0 Å². The van der Waals surface area contributed by atoms with Gasteiger partial charge in [-0.15, -0.1) is 3.97 Å². The van der Waals surface area contributed by atoms with E-state index in [-0.39, 0.29) is 48.8 Å². The smallest absolute Gasteiger partial charge is 0.365 e. The molecule has 4 aromatic rings. The van der Waals surface area contributed by atoms with Gasteiger partial charge in [0.25, 0.3) is 15.6 Å². The molecule has 0 bridgehead atoms. The fourth-order valence-electron chi connectivity index (χ4n) is 3.62. The first-order valence-electron chi connectivity index (χ1n) is 10.2. The standard InChI is InChI=1S/C23H20ClN4O5S.HI/c1-3-25-13-7-8-18(15-25)26(16(2)29)27-21-14-17(24)11-12-20(21)22(30)28(23(27)31)34(32,33)19-9-5-4-6-10-19;/h4-15H,3H2,1-2H3;1H/q+1;/p-1. The highest BCUT2D eigenvalue weighted by molar-refractivity contribution is 7.90. The van der Waals surface area contributed by atoms with Crippen LogP contribution >= 0.6 is 11.6 Å². The van der Waals surface area contributed by atoms with Gasteiger partial charge in [-0.25, -0.2) is 22.8 Å². The Kier molecular flexibility index (Phi) is 7.82. The first-order chi connectivity index (χ1) is 16.2. The minimum absolute atomic E-state index is 0. The molecular formula is C23H20ClIN4O5S. The van der Waals surface area contributed by atoms with Crippen LogP contribution in [-0.4, -0.2) is 23.0 Å². The van der Waals surface area contributed by atoms with E-state index in [0.717, 1.165) is 9.69 Å². The summed E-state index contributed by atoms with van der Waals surface area (Å²) in [5.41, 5.74) is -1.99. The van der Waals surface area contributed by atoms with Crippen LogP contribution in [0.2, 0.25) is 5.02 Å². The lowest BCUT2D eigenvalue weighted by atomic mass is 10.2. The second-order valence-corrected chi connectivity index (χ2v) is 9.59. The van der Waals surface area contributed by atoms with Gasteiger partial charge in [-0.3, -0.25) is 9.59 Å². The molecule has 0 aliphatic carbocycles. The SMILES string of the molecule is CC[n+]1cccc(N(C(C)=O)n2c(=O)n(S(=O)(=O)c3ccccc3)c(=O)c3ccc(Cl)cc32)c1.[I-]. The number of nitrogens with zero attached hydrogens (tertiary/aromatic N) is 4. The van der Waals surface area contributed by atoms with Crippen molar-refractivity contribution in [2.24, 2.45) is 0 Å². The molecule has 0 saturated carbocycles. The normalized spacial score (nSPS) is 11.2. The number of rotatable bonds is 5. The summed E-state index contributed by atoms with van der Waals surface area (Å²) in [5, 5.41) is 1.11. The van der Waals surface area contributed by atoms with Crippen molar-refractivity contribution in [2.75, 3.05) is 5.01 Å². The Morgan fingerprint density at radius 3 is 2.37 bits per heavy atom. The number of aryl methyl sites for hydroxylation is 1. The van der Waals surface area contributed by atoms with Gasteiger partial charge in [0.2, 0.25) is 5.91 Å². The van der Waals surface area contributed by atoms with E-state index in [0.29, 0.717) is 12.2 Å². The number of aromatic nitrogens is 3. The molecule has 4 rings (SSSR count). The molecule has 0 aliphatic rings. The summed E-state index contributed by atoms with van der Waals surface area (Å²) in [4.78, 5) is 39.6. The van der Waals surface area contributed by atoms with Gasteiger partial charge in [-0.2, -0.15) is 4.68 Å². The fourth-order valence-corrected chi connectivity index (χ4v) is 5.10. The van der Waals surface area contributed by atoms with Crippen LogP contribution in [0.5, 0.6) is 0 Å². The summed E-state index contributed by atoms with van der Waals surface area (Å²) in [6.45, 7) is 3.71. The van der Waals surface area contributed by atoms with Gasteiger partial charge in [-0.05, 0) is 43.3 Å². The Morgan fingerprint density at radius 1 is 1.06 bits per heavy atom. The summed E-state index contributed by atoms with van der Waals surface area (Å²) in [7, 11) is -4.58. The molecular weight excluding hydrogens is 607 g/mol. The van der Waals surface area contributed by atoms with Gasteiger partial charge in [-0.1, -0.05) is 29.8 Å². The van der Waals surface area contributed by atoms with E-state index in [2.05, 4.69) is 0 Å². The van der Waals surface area contributed by atoms with Crippen LogP contribution in [0.15, 0.2) is 87.5 Å². The summed E-state index contributed by atoms with van der Waals surface area (Å²) < 4.78 is 29.6. The zero-order chi connectivity index (χ0) is 24.6. The van der Waals surface area contributed by atoms with Crippen molar-refractivity contribution in [1.29, 1.82) is 0 Å². The van der Waals surface area contributed by atoms with Crippen molar-refractivity contribution in [1.82, 2.24) is 8.65 Å². The molecule has 182 valence electrons. The van der Waals surface area contributed by atoms with Crippen LogP contribution < -0.4 is 44.8 Å². The molecule has 35 heavy (non-hydrogen) atoms. The molecule has 0 saturated heterocycles. The van der Waals surface area contributed by atoms with E-state index in [9.17, 15) is 22.8 Å². The Bertz CT molecular complexity index is 1650. The highest BCUT2D eigenvalue weighted by Gasteiger charge is 2.29. The number of anilines is 1. The van der Waals surface area contributed by atoms with E-state index < -0.39 is 27.2 Å². The minimum atomic E-state index is -4.58. The Balaban J connectivity index is 0.00000342. The van der Waals surface area contributed by atoms with Crippen molar-refractivity contribution >= 4 is 44.1 Å². The average Bonchev–Trinajstić information content (AvgIpc) is 2.81. The number of carbonyl (C=O) groups excluding carboxylic acids is 1. The molecule has 2 heterocycles. The lowest BCUT2D eigenvalue weighted by Gasteiger charge is -2.24. The number of benzene rings is 2. The van der Waals surface area contributed by atoms with E-state index in [1.165, 1.54) is 49.4 Å². The molecule has 0 atom stereocenters. The predicted molar refractivity (Wildman–Crippen MR) is 127 cm³/mol. The van der Waals surface area contributed by atoms with E-state index in [1.807, 2.05) is 6.92 Å². The largest absolute Gasteiger partial charge is 1.00 e. The van der Waals surface area contributed by atoms with Crippen LogP contribution in [-0.2, 0) is 21.4 Å². The summed E-state index contributed by atoms with van der Waals surface area (Å²) in [6.07, 6.45) is 3.41. The van der Waals surface area contributed by atoms with E-state index in [4.69, 9.17) is 11.6 Å². The molecule has 12 heteroatoms. The Morgan fingerprint density at radius 2 is 1.74 bits per heavy atom. The molecule has 0 aliphatic heterocycles. The highest BCUT2D eigenvalue weighted by Crippen LogP contribution is 2.21. The van der Waals surface area contributed by atoms with Gasteiger partial charge >= 0.3 is 5.69 Å².